The van der Waals surface area contributed by atoms with Gasteiger partial charge in [0, 0.05) is 18.7 Å². The van der Waals surface area contributed by atoms with Crippen LogP contribution in [0.3, 0.4) is 0 Å². The fraction of sp³-hybridized carbons (Fsp3) is 0.643. The Labute approximate surface area is 114 Å². The molecule has 1 aromatic heterocycles. The Kier molecular flexibility index (Phi) is 4.27. The van der Waals surface area contributed by atoms with Crippen LogP contribution in [0, 0.1) is 5.41 Å². The summed E-state index contributed by atoms with van der Waals surface area (Å²) in [5.41, 5.74) is 3.47. The molecule has 3 N–H and O–H groups in total. The fourth-order valence-corrected chi connectivity index (χ4v) is 2.96. The van der Waals surface area contributed by atoms with Crippen LogP contribution in [0.2, 0.25) is 0 Å². The first kappa shape index (κ1) is 14.1. The predicted molar refractivity (Wildman–Crippen MR) is 73.3 cm³/mol. The van der Waals surface area contributed by atoms with Gasteiger partial charge in [-0.05, 0) is 37.3 Å². The van der Waals surface area contributed by atoms with Crippen LogP contribution < -0.4 is 11.3 Å². The SMILES string of the molecule is CCC1(CC)CCN(Cc2ccoc2C(=O)NN)C1. The van der Waals surface area contributed by atoms with E-state index in [0.717, 1.165) is 25.2 Å². The van der Waals surface area contributed by atoms with Crippen molar-refractivity contribution in [1.29, 1.82) is 0 Å². The van der Waals surface area contributed by atoms with E-state index in [0.29, 0.717) is 11.2 Å². The Morgan fingerprint density at radius 1 is 1.53 bits per heavy atom. The van der Waals surface area contributed by atoms with Crippen molar-refractivity contribution < 1.29 is 9.21 Å². The summed E-state index contributed by atoms with van der Waals surface area (Å²) in [6.07, 6.45) is 5.20. The molecular formula is C14H23N3O2. The third-order valence-electron chi connectivity index (χ3n) is 4.50. The zero-order chi connectivity index (χ0) is 13.9. The van der Waals surface area contributed by atoms with E-state index < -0.39 is 0 Å². The quantitative estimate of drug-likeness (QED) is 0.484. The molecule has 1 aromatic rings. The number of hydrogen-bond donors (Lipinski definition) is 2. The number of amides is 1. The van der Waals surface area contributed by atoms with Crippen molar-refractivity contribution >= 4 is 5.91 Å². The van der Waals surface area contributed by atoms with Crippen molar-refractivity contribution in [2.45, 2.75) is 39.7 Å². The lowest BCUT2D eigenvalue weighted by molar-refractivity contribution is 0.0923. The number of nitrogens with one attached hydrogen (secondary N) is 1. The molecule has 5 heteroatoms. The van der Waals surface area contributed by atoms with Crippen LogP contribution in [0.1, 0.15) is 49.2 Å². The number of hydrogen-bond acceptors (Lipinski definition) is 4. The van der Waals surface area contributed by atoms with Crippen LogP contribution in [0.25, 0.3) is 0 Å². The number of furan rings is 1. The van der Waals surface area contributed by atoms with E-state index in [1.807, 2.05) is 6.07 Å². The van der Waals surface area contributed by atoms with Crippen molar-refractivity contribution in [3.05, 3.63) is 23.7 Å². The minimum absolute atomic E-state index is 0.327. The van der Waals surface area contributed by atoms with Crippen molar-refractivity contribution in [2.75, 3.05) is 13.1 Å². The third kappa shape index (κ3) is 2.82. The summed E-state index contributed by atoms with van der Waals surface area (Å²) in [5, 5.41) is 0. The van der Waals surface area contributed by atoms with E-state index in [4.69, 9.17) is 10.3 Å². The number of likely N-dealkylation sites (tertiary alicyclic amines) is 1. The molecule has 5 nitrogen and oxygen atoms in total. The van der Waals surface area contributed by atoms with Gasteiger partial charge in [-0.25, -0.2) is 5.84 Å². The zero-order valence-electron chi connectivity index (χ0n) is 11.7. The molecule has 1 saturated heterocycles. The smallest absolute Gasteiger partial charge is 0.301 e. The van der Waals surface area contributed by atoms with Gasteiger partial charge in [0.1, 0.15) is 0 Å². The average molecular weight is 265 g/mol. The van der Waals surface area contributed by atoms with Gasteiger partial charge in [0.15, 0.2) is 5.76 Å². The van der Waals surface area contributed by atoms with Crippen molar-refractivity contribution in [3.63, 3.8) is 0 Å². The van der Waals surface area contributed by atoms with Crippen molar-refractivity contribution in [1.82, 2.24) is 10.3 Å². The Balaban J connectivity index is 2.04. The lowest BCUT2D eigenvalue weighted by atomic mass is 9.82. The van der Waals surface area contributed by atoms with E-state index >= 15 is 0 Å². The Morgan fingerprint density at radius 3 is 2.84 bits per heavy atom. The van der Waals surface area contributed by atoms with Gasteiger partial charge in [0.25, 0.3) is 0 Å². The van der Waals surface area contributed by atoms with Gasteiger partial charge in [-0.3, -0.25) is 15.1 Å². The summed E-state index contributed by atoms with van der Waals surface area (Å²) in [5.74, 6) is 5.12. The number of carbonyl (C=O) groups is 1. The second-order valence-electron chi connectivity index (χ2n) is 5.42. The van der Waals surface area contributed by atoms with Gasteiger partial charge in [-0.15, -0.1) is 0 Å². The van der Waals surface area contributed by atoms with Crippen molar-refractivity contribution in [2.24, 2.45) is 11.3 Å². The molecule has 0 radical (unpaired) electrons. The highest BCUT2D eigenvalue weighted by atomic mass is 16.3. The van der Waals surface area contributed by atoms with Gasteiger partial charge < -0.3 is 4.42 Å². The zero-order valence-corrected chi connectivity index (χ0v) is 11.7. The molecule has 0 spiro atoms. The van der Waals surface area contributed by atoms with Gasteiger partial charge in [-0.1, -0.05) is 13.8 Å². The molecule has 0 atom stereocenters. The number of rotatable bonds is 5. The minimum atomic E-state index is -0.364. The maximum atomic E-state index is 11.6. The van der Waals surface area contributed by atoms with E-state index in [2.05, 4.69) is 24.2 Å². The molecule has 1 aliphatic rings. The summed E-state index contributed by atoms with van der Waals surface area (Å²) in [6.45, 7) is 7.45. The van der Waals surface area contributed by atoms with Gasteiger partial charge in [0.05, 0.1) is 6.26 Å². The van der Waals surface area contributed by atoms with Gasteiger partial charge >= 0.3 is 5.91 Å². The largest absolute Gasteiger partial charge is 0.459 e. The first-order chi connectivity index (χ1) is 9.14. The van der Waals surface area contributed by atoms with Crippen LogP contribution in [0.5, 0.6) is 0 Å². The number of nitrogen functional groups attached to an aromatic ring is 1. The van der Waals surface area contributed by atoms with Crippen LogP contribution >= 0.6 is 0 Å². The monoisotopic (exact) mass is 265 g/mol. The van der Waals surface area contributed by atoms with Gasteiger partial charge in [0.2, 0.25) is 0 Å². The summed E-state index contributed by atoms with van der Waals surface area (Å²) in [4.78, 5) is 14.0. The summed E-state index contributed by atoms with van der Waals surface area (Å²) in [7, 11) is 0. The normalized spacial score (nSPS) is 18.7. The molecule has 0 aromatic carbocycles. The fourth-order valence-electron chi connectivity index (χ4n) is 2.96. The first-order valence-corrected chi connectivity index (χ1v) is 6.94. The van der Waals surface area contributed by atoms with Gasteiger partial charge in [-0.2, -0.15) is 0 Å². The first-order valence-electron chi connectivity index (χ1n) is 6.94. The predicted octanol–water partition coefficient (Wildman–Crippen LogP) is 1.90. The van der Waals surface area contributed by atoms with Crippen LogP contribution in [-0.2, 0) is 6.54 Å². The van der Waals surface area contributed by atoms with Crippen molar-refractivity contribution in [3.8, 4) is 0 Å². The topological polar surface area (TPSA) is 71.5 Å². The van der Waals surface area contributed by atoms with Crippen LogP contribution in [0.15, 0.2) is 16.7 Å². The molecule has 106 valence electrons. The van der Waals surface area contributed by atoms with E-state index in [1.54, 1.807) is 6.26 Å². The third-order valence-corrected chi connectivity index (χ3v) is 4.50. The number of hydrazine groups is 1. The maximum Gasteiger partial charge on any atom is 0.301 e. The highest BCUT2D eigenvalue weighted by Crippen LogP contribution is 2.37. The lowest BCUT2D eigenvalue weighted by Gasteiger charge is -2.26. The molecular weight excluding hydrogens is 242 g/mol. The summed E-state index contributed by atoms with van der Waals surface area (Å²) < 4.78 is 5.21. The Bertz CT molecular complexity index is 438. The maximum absolute atomic E-state index is 11.6. The second kappa shape index (κ2) is 5.75. The van der Waals surface area contributed by atoms with Crippen LogP contribution in [0.4, 0.5) is 0 Å². The number of nitrogens with two attached hydrogens (primary N) is 1. The number of nitrogens with zero attached hydrogens (tertiary/aromatic N) is 1. The lowest BCUT2D eigenvalue weighted by Crippen LogP contribution is -2.31. The molecule has 0 unspecified atom stereocenters. The molecule has 2 heterocycles. The van der Waals surface area contributed by atoms with E-state index in [-0.39, 0.29) is 5.91 Å². The number of carbonyl (C=O) groups excluding carboxylic acids is 1. The molecule has 1 fully saturated rings. The van der Waals surface area contributed by atoms with E-state index in [9.17, 15) is 4.79 Å². The summed E-state index contributed by atoms with van der Waals surface area (Å²) >= 11 is 0. The average Bonchev–Trinajstić information content (AvgIpc) is 3.06. The molecule has 0 saturated carbocycles. The molecule has 1 amide bonds. The highest BCUT2D eigenvalue weighted by Gasteiger charge is 2.35. The Hall–Kier alpha value is -1.33. The molecule has 0 aliphatic carbocycles. The molecule has 19 heavy (non-hydrogen) atoms. The minimum Gasteiger partial charge on any atom is -0.459 e. The molecule has 1 aliphatic heterocycles. The second-order valence-corrected chi connectivity index (χ2v) is 5.42. The standard InChI is InChI=1S/C14H23N3O2/c1-3-14(4-2)6-7-17(10-14)9-11-5-8-19-12(11)13(18)16-15/h5,8H,3-4,6-7,9-10,15H2,1-2H3,(H,16,18). The molecule has 2 rings (SSSR count). The highest BCUT2D eigenvalue weighted by molar-refractivity contribution is 5.92. The van der Waals surface area contributed by atoms with Crippen LogP contribution in [-0.4, -0.2) is 23.9 Å². The van der Waals surface area contributed by atoms with E-state index in [1.165, 1.54) is 19.3 Å². The summed E-state index contributed by atoms with van der Waals surface area (Å²) in [6, 6.07) is 1.85. The Morgan fingerprint density at radius 2 is 2.26 bits per heavy atom. The molecule has 0 bridgehead atoms.